The quantitative estimate of drug-likeness (QED) is 0.205. The number of fused-ring (bicyclic) bond motifs is 3. The topological polar surface area (TPSA) is 74.8 Å². The normalized spacial score (nSPS) is 28.4. The summed E-state index contributed by atoms with van der Waals surface area (Å²) in [4.78, 5) is 56.6. The van der Waals surface area contributed by atoms with Crippen molar-refractivity contribution in [1.29, 1.82) is 0 Å². The number of rotatable bonds is 3. The lowest BCUT2D eigenvalue weighted by Gasteiger charge is -2.44. The van der Waals surface area contributed by atoms with Crippen LogP contribution in [-0.4, -0.2) is 35.6 Å². The fourth-order valence-corrected chi connectivity index (χ4v) is 9.32. The summed E-state index contributed by atoms with van der Waals surface area (Å²) >= 11 is 0. The number of carbonyl (C=O) groups is 4. The Hall–Kier alpha value is -5.10. The molecule has 45 heavy (non-hydrogen) atoms. The van der Waals surface area contributed by atoms with Crippen LogP contribution in [0.25, 0.3) is 11.1 Å². The van der Waals surface area contributed by atoms with Crippen LogP contribution in [0, 0.1) is 42.4 Å². The maximum Gasteiger partial charge on any atom is 0.238 e. The molecule has 4 aliphatic carbocycles. The second-order valence-corrected chi connectivity index (χ2v) is 13.1. The first-order valence-electron chi connectivity index (χ1n) is 15.6. The number of carbonyl (C=O) groups excluding carboxylic acids is 4. The summed E-state index contributed by atoms with van der Waals surface area (Å²) in [7, 11) is 1.50. The summed E-state index contributed by atoms with van der Waals surface area (Å²) in [6.45, 7) is 2.09. The average Bonchev–Trinajstić information content (AvgIpc) is 3.62. The lowest BCUT2D eigenvalue weighted by molar-refractivity contribution is -0.138. The van der Waals surface area contributed by atoms with Crippen LogP contribution in [0.1, 0.15) is 27.8 Å². The molecule has 6 unspecified atom stereocenters. The molecule has 0 N–H and O–H groups in total. The lowest BCUT2D eigenvalue weighted by atomic mass is 9.54. The molecule has 6 aliphatic rings. The Morgan fingerprint density at radius 1 is 0.533 bits per heavy atom. The highest BCUT2D eigenvalue weighted by atomic mass is 16.2. The third kappa shape index (κ3) is 3.14. The Kier molecular flexibility index (Phi) is 5.25. The van der Waals surface area contributed by atoms with Crippen molar-refractivity contribution in [2.45, 2.75) is 12.3 Å². The number of hydrogen-bond acceptors (Lipinski definition) is 4. The lowest BCUT2D eigenvalue weighted by Crippen LogP contribution is -2.50. The molecule has 0 aromatic heterocycles. The number of amides is 4. The van der Waals surface area contributed by atoms with E-state index in [9.17, 15) is 19.2 Å². The van der Waals surface area contributed by atoms with E-state index < -0.39 is 40.9 Å². The molecule has 2 heterocycles. The first kappa shape index (κ1) is 26.3. The van der Waals surface area contributed by atoms with Crippen molar-refractivity contribution < 1.29 is 19.2 Å². The molecular formula is C39H30N2O4. The summed E-state index contributed by atoms with van der Waals surface area (Å²) in [5, 5.41) is 0. The summed E-state index contributed by atoms with van der Waals surface area (Å²) in [5.74, 6) is -4.39. The van der Waals surface area contributed by atoms with Crippen LogP contribution in [-0.2, 0) is 24.6 Å². The first-order chi connectivity index (χ1) is 21.8. The van der Waals surface area contributed by atoms with E-state index in [2.05, 4.69) is 79.7 Å². The van der Waals surface area contributed by atoms with E-state index in [0.29, 0.717) is 5.69 Å². The van der Waals surface area contributed by atoms with E-state index in [1.807, 2.05) is 36.4 Å². The van der Waals surface area contributed by atoms with Gasteiger partial charge in [-0.25, -0.2) is 0 Å². The van der Waals surface area contributed by atoms with Gasteiger partial charge in [0.1, 0.15) is 0 Å². The molecule has 6 nitrogen and oxygen atoms in total. The zero-order chi connectivity index (χ0) is 30.8. The van der Waals surface area contributed by atoms with Gasteiger partial charge in [-0.3, -0.25) is 29.0 Å². The van der Waals surface area contributed by atoms with Gasteiger partial charge in [0.2, 0.25) is 23.6 Å². The van der Waals surface area contributed by atoms with Gasteiger partial charge in [0.05, 0.1) is 34.8 Å². The summed E-state index contributed by atoms with van der Waals surface area (Å²) in [6, 6.07) is 33.6. The van der Waals surface area contributed by atoms with Crippen molar-refractivity contribution in [2.75, 3.05) is 11.9 Å². The number of benzene rings is 4. The van der Waals surface area contributed by atoms with E-state index in [1.54, 1.807) is 0 Å². The van der Waals surface area contributed by atoms with Gasteiger partial charge in [-0.15, -0.1) is 0 Å². The molecule has 2 bridgehead atoms. The zero-order valence-electron chi connectivity index (χ0n) is 24.9. The van der Waals surface area contributed by atoms with Gasteiger partial charge < -0.3 is 0 Å². The van der Waals surface area contributed by atoms with Crippen LogP contribution in [0.4, 0.5) is 5.69 Å². The van der Waals surface area contributed by atoms with Crippen molar-refractivity contribution in [2.24, 2.45) is 35.5 Å². The van der Waals surface area contributed by atoms with Gasteiger partial charge >= 0.3 is 0 Å². The molecule has 0 radical (unpaired) electrons. The van der Waals surface area contributed by atoms with Gasteiger partial charge in [0.25, 0.3) is 0 Å². The fourth-order valence-electron chi connectivity index (χ4n) is 9.32. The van der Waals surface area contributed by atoms with Crippen molar-refractivity contribution >= 4 is 29.3 Å². The first-order valence-corrected chi connectivity index (χ1v) is 15.6. The zero-order valence-corrected chi connectivity index (χ0v) is 24.9. The molecule has 1 saturated carbocycles. The minimum Gasteiger partial charge on any atom is -0.285 e. The highest BCUT2D eigenvalue weighted by Crippen LogP contribution is 2.59. The Morgan fingerprint density at radius 3 is 1.44 bits per heavy atom. The van der Waals surface area contributed by atoms with Gasteiger partial charge in [-0.2, -0.15) is 0 Å². The van der Waals surface area contributed by atoms with E-state index in [-0.39, 0.29) is 23.6 Å². The molecule has 4 amide bonds. The Morgan fingerprint density at radius 2 is 0.956 bits per heavy atom. The van der Waals surface area contributed by atoms with Crippen LogP contribution in [0.15, 0.2) is 109 Å². The maximum absolute atomic E-state index is 14.0. The predicted octanol–water partition coefficient (Wildman–Crippen LogP) is 5.51. The van der Waals surface area contributed by atoms with Crippen LogP contribution in [0.2, 0.25) is 0 Å². The number of hydrogen-bond donors (Lipinski definition) is 0. The number of likely N-dealkylation sites (tertiary alicyclic amines) is 1. The third-order valence-corrected chi connectivity index (χ3v) is 11.2. The molecule has 6 atom stereocenters. The van der Waals surface area contributed by atoms with Crippen molar-refractivity contribution in [3.8, 4) is 11.1 Å². The van der Waals surface area contributed by atoms with Crippen LogP contribution >= 0.6 is 0 Å². The fraction of sp³-hybridized carbons (Fsp3) is 0.231. The molecule has 3 fully saturated rings. The Balaban J connectivity index is 1.15. The van der Waals surface area contributed by atoms with Gasteiger partial charge in [0, 0.05) is 18.9 Å². The summed E-state index contributed by atoms with van der Waals surface area (Å²) < 4.78 is 0. The summed E-state index contributed by atoms with van der Waals surface area (Å²) in [6.07, 6.45) is 3.80. The van der Waals surface area contributed by atoms with Crippen molar-refractivity contribution in [3.63, 3.8) is 0 Å². The highest BCUT2D eigenvalue weighted by Gasteiger charge is 2.68. The standard InChI is InChI=1S/C39H30N2O4/c1-21-11-13-22(14-12-21)39(29-9-5-3-7-25(29)26-8-4-6-10-30(26)39)23-15-17-24(18-16-23)41-37(44)33-27-19-20-28(34(33)38(41)45)32-31(27)35(42)40(2)36(32)43/h3-20,27-28,31-34H,1-2H3. The Labute approximate surface area is 261 Å². The summed E-state index contributed by atoms with van der Waals surface area (Å²) in [5.41, 5.74) is 8.06. The maximum atomic E-state index is 14.0. The van der Waals surface area contributed by atoms with Crippen LogP contribution in [0.3, 0.4) is 0 Å². The van der Waals surface area contributed by atoms with E-state index >= 15 is 0 Å². The molecule has 6 heteroatoms. The minimum absolute atomic E-state index is 0.246. The predicted molar refractivity (Wildman–Crippen MR) is 169 cm³/mol. The molecule has 220 valence electrons. The molecular weight excluding hydrogens is 560 g/mol. The number of anilines is 1. The third-order valence-electron chi connectivity index (χ3n) is 11.2. The minimum atomic E-state index is -0.635. The molecule has 4 aromatic rings. The highest BCUT2D eigenvalue weighted by molar-refractivity contribution is 6.23. The second kappa shape index (κ2) is 8.98. The number of aryl methyl sites for hydroxylation is 1. The monoisotopic (exact) mass is 590 g/mol. The molecule has 2 aliphatic heterocycles. The molecule has 0 spiro atoms. The van der Waals surface area contributed by atoms with Crippen molar-refractivity contribution in [3.05, 3.63) is 137 Å². The number of imide groups is 2. The smallest absolute Gasteiger partial charge is 0.238 e. The Bertz CT molecular complexity index is 1910. The van der Waals surface area contributed by atoms with Crippen molar-refractivity contribution in [1.82, 2.24) is 4.90 Å². The largest absolute Gasteiger partial charge is 0.285 e. The number of nitrogens with zero attached hydrogens (tertiary/aromatic N) is 2. The number of allylic oxidation sites excluding steroid dienone is 2. The van der Waals surface area contributed by atoms with E-state index in [0.717, 1.165) is 11.1 Å². The second-order valence-electron chi connectivity index (χ2n) is 13.1. The van der Waals surface area contributed by atoms with Crippen LogP contribution in [0.5, 0.6) is 0 Å². The van der Waals surface area contributed by atoms with Gasteiger partial charge in [-0.1, -0.05) is 103 Å². The van der Waals surface area contributed by atoms with E-state index in [4.69, 9.17) is 0 Å². The SMILES string of the molecule is Cc1ccc(C2(c3ccc(N4C(=O)C5C6C=CC(C7C(=O)N(C)C(=O)C67)C5C4=O)cc3)c3ccccc3-c3ccccc32)cc1. The molecule has 10 rings (SSSR count). The van der Waals surface area contributed by atoms with E-state index in [1.165, 1.54) is 44.7 Å². The molecule has 2 saturated heterocycles. The van der Waals surface area contributed by atoms with Gasteiger partial charge in [0.15, 0.2) is 0 Å². The molecule has 4 aromatic carbocycles. The van der Waals surface area contributed by atoms with Crippen LogP contribution < -0.4 is 4.90 Å². The average molecular weight is 591 g/mol. The van der Waals surface area contributed by atoms with Gasteiger partial charge in [-0.05, 0) is 52.4 Å².